The number of hydrogen-bond donors (Lipinski definition) is 1. The number of aromatic amines is 1. The summed E-state index contributed by atoms with van der Waals surface area (Å²) in [4.78, 5) is 33.1. The fourth-order valence-corrected chi connectivity index (χ4v) is 3.74. The predicted octanol–water partition coefficient (Wildman–Crippen LogP) is 2.98. The van der Waals surface area contributed by atoms with Crippen LogP contribution in [0.4, 0.5) is 0 Å². The summed E-state index contributed by atoms with van der Waals surface area (Å²) in [5, 5.41) is 0. The minimum Gasteiger partial charge on any atom is -0.496 e. The molecule has 4 rings (SSSR count). The van der Waals surface area contributed by atoms with Crippen molar-refractivity contribution in [3.05, 3.63) is 81.9 Å². The van der Waals surface area contributed by atoms with Crippen LogP contribution in [-0.2, 0) is 6.42 Å². The van der Waals surface area contributed by atoms with Gasteiger partial charge in [0, 0.05) is 31.1 Å². The lowest BCUT2D eigenvalue weighted by Crippen LogP contribution is -2.40. The zero-order valence-corrected chi connectivity index (χ0v) is 16.3. The lowest BCUT2D eigenvalue weighted by molar-refractivity contribution is 0.0691. The van der Waals surface area contributed by atoms with Gasteiger partial charge in [-0.25, -0.2) is 4.98 Å². The molecule has 1 aliphatic rings. The number of hydrogen-bond acceptors (Lipinski definition) is 5. The first-order valence-electron chi connectivity index (χ1n) is 9.69. The summed E-state index contributed by atoms with van der Waals surface area (Å²) < 4.78 is 11.4. The molecule has 7 heteroatoms. The van der Waals surface area contributed by atoms with Crippen LogP contribution in [0.5, 0.6) is 5.75 Å². The van der Waals surface area contributed by atoms with Crippen molar-refractivity contribution in [1.82, 2.24) is 14.9 Å². The number of likely N-dealkylation sites (tertiary alicyclic amines) is 1. The number of oxazole rings is 1. The zero-order valence-electron chi connectivity index (χ0n) is 16.3. The first-order chi connectivity index (χ1) is 14.1. The molecule has 0 saturated carbocycles. The highest BCUT2D eigenvalue weighted by molar-refractivity contribution is 5.92. The lowest BCUT2D eigenvalue weighted by Gasteiger charge is -2.31. The summed E-state index contributed by atoms with van der Waals surface area (Å²) in [5.41, 5.74) is 1.06. The molecule has 3 heterocycles. The van der Waals surface area contributed by atoms with Gasteiger partial charge in [-0.15, -0.1) is 0 Å². The summed E-state index contributed by atoms with van der Waals surface area (Å²) >= 11 is 0. The van der Waals surface area contributed by atoms with Crippen molar-refractivity contribution in [2.24, 2.45) is 0 Å². The number of nitrogens with one attached hydrogen (secondary N) is 1. The molecule has 1 N–H and O–H groups in total. The summed E-state index contributed by atoms with van der Waals surface area (Å²) in [7, 11) is 1.65. The van der Waals surface area contributed by atoms with Crippen molar-refractivity contribution < 1.29 is 13.9 Å². The molecule has 1 fully saturated rings. The molecule has 29 heavy (non-hydrogen) atoms. The van der Waals surface area contributed by atoms with Crippen molar-refractivity contribution in [3.8, 4) is 5.75 Å². The second-order valence-electron chi connectivity index (χ2n) is 7.17. The summed E-state index contributed by atoms with van der Waals surface area (Å²) in [6, 6.07) is 12.4. The van der Waals surface area contributed by atoms with Gasteiger partial charge >= 0.3 is 0 Å². The predicted molar refractivity (Wildman–Crippen MR) is 107 cm³/mol. The Kier molecular flexibility index (Phi) is 5.46. The smallest absolute Gasteiger partial charge is 0.270 e. The summed E-state index contributed by atoms with van der Waals surface area (Å²) in [6.07, 6.45) is 4.11. The van der Waals surface area contributed by atoms with E-state index in [1.165, 1.54) is 6.07 Å². The van der Waals surface area contributed by atoms with E-state index in [1.54, 1.807) is 30.3 Å². The number of pyridine rings is 1. The molecule has 1 atom stereocenters. The number of ether oxygens (including phenoxy) is 1. The zero-order chi connectivity index (χ0) is 20.2. The van der Waals surface area contributed by atoms with E-state index < -0.39 is 0 Å². The van der Waals surface area contributed by atoms with Crippen molar-refractivity contribution >= 4 is 5.91 Å². The van der Waals surface area contributed by atoms with Crippen LogP contribution in [0.15, 0.2) is 57.9 Å². The molecule has 7 nitrogen and oxygen atoms in total. The van der Waals surface area contributed by atoms with Gasteiger partial charge in [0.1, 0.15) is 17.2 Å². The van der Waals surface area contributed by atoms with E-state index in [1.807, 2.05) is 24.3 Å². The number of rotatable bonds is 5. The third kappa shape index (κ3) is 4.23. The first-order valence-corrected chi connectivity index (χ1v) is 9.69. The molecule has 0 radical (unpaired) electrons. The van der Waals surface area contributed by atoms with E-state index in [0.29, 0.717) is 31.1 Å². The van der Waals surface area contributed by atoms with E-state index >= 15 is 0 Å². The highest BCUT2D eigenvalue weighted by Crippen LogP contribution is 2.29. The van der Waals surface area contributed by atoms with Crippen molar-refractivity contribution in [3.63, 3.8) is 0 Å². The SMILES string of the molecule is COc1ccccc1Cc1cnc(C2CCCN(C(=O)c3cccc(=O)[nH]3)C2)o1. The van der Waals surface area contributed by atoms with Crippen LogP contribution >= 0.6 is 0 Å². The van der Waals surface area contributed by atoms with Crippen LogP contribution in [0, 0.1) is 0 Å². The number of amides is 1. The second-order valence-corrected chi connectivity index (χ2v) is 7.17. The van der Waals surface area contributed by atoms with Crippen LogP contribution in [-0.4, -0.2) is 41.0 Å². The molecule has 1 aromatic carbocycles. The van der Waals surface area contributed by atoms with E-state index in [-0.39, 0.29) is 17.4 Å². The number of piperidine rings is 1. The van der Waals surface area contributed by atoms with Gasteiger partial charge in [0.15, 0.2) is 5.89 Å². The molecule has 1 aliphatic heterocycles. The highest BCUT2D eigenvalue weighted by atomic mass is 16.5. The Bertz CT molecular complexity index is 1060. The Morgan fingerprint density at radius 2 is 2.14 bits per heavy atom. The van der Waals surface area contributed by atoms with Gasteiger partial charge in [-0.1, -0.05) is 24.3 Å². The average molecular weight is 393 g/mol. The molecule has 2 aromatic heterocycles. The molecule has 150 valence electrons. The Morgan fingerprint density at radius 3 is 2.97 bits per heavy atom. The number of H-pyrrole nitrogens is 1. The lowest BCUT2D eigenvalue weighted by atomic mass is 9.97. The van der Waals surface area contributed by atoms with Gasteiger partial charge < -0.3 is 19.0 Å². The van der Waals surface area contributed by atoms with Crippen LogP contribution in [0.25, 0.3) is 0 Å². The minimum absolute atomic E-state index is 0.0366. The maximum absolute atomic E-state index is 12.7. The molecular formula is C22H23N3O4. The Balaban J connectivity index is 1.46. The van der Waals surface area contributed by atoms with Crippen LogP contribution < -0.4 is 10.3 Å². The molecule has 1 saturated heterocycles. The summed E-state index contributed by atoms with van der Waals surface area (Å²) in [6.45, 7) is 1.17. The fraction of sp³-hybridized carbons (Fsp3) is 0.318. The normalized spacial score (nSPS) is 16.6. The highest BCUT2D eigenvalue weighted by Gasteiger charge is 2.28. The number of carbonyl (C=O) groups excluding carboxylic acids is 1. The monoisotopic (exact) mass is 393 g/mol. The maximum atomic E-state index is 12.7. The standard InChI is InChI=1S/C22H23N3O4/c1-28-19-9-3-2-6-15(19)12-17-13-23-21(29-17)16-7-5-11-25(14-16)22(27)18-8-4-10-20(26)24-18/h2-4,6,8-10,13,16H,5,7,11-12,14H2,1H3,(H,24,26). The van der Waals surface area contributed by atoms with Gasteiger partial charge in [0.2, 0.25) is 5.56 Å². The van der Waals surface area contributed by atoms with Crippen molar-refractivity contribution in [2.75, 3.05) is 20.2 Å². The van der Waals surface area contributed by atoms with Crippen LogP contribution in [0.2, 0.25) is 0 Å². The topological polar surface area (TPSA) is 88.4 Å². The average Bonchev–Trinajstić information content (AvgIpc) is 3.22. The maximum Gasteiger partial charge on any atom is 0.270 e. The van der Waals surface area contributed by atoms with Gasteiger partial charge in [-0.2, -0.15) is 0 Å². The van der Waals surface area contributed by atoms with Gasteiger partial charge in [-0.05, 0) is 25.0 Å². The third-order valence-corrected chi connectivity index (χ3v) is 5.19. The molecule has 0 aliphatic carbocycles. The van der Waals surface area contributed by atoms with E-state index in [2.05, 4.69) is 9.97 Å². The number of aromatic nitrogens is 2. The molecule has 1 amide bonds. The number of carbonyl (C=O) groups is 1. The Morgan fingerprint density at radius 1 is 1.28 bits per heavy atom. The molecule has 3 aromatic rings. The molecule has 1 unspecified atom stereocenters. The number of nitrogens with zero attached hydrogens (tertiary/aromatic N) is 2. The number of benzene rings is 1. The Hall–Kier alpha value is -3.35. The minimum atomic E-state index is -0.280. The van der Waals surface area contributed by atoms with Crippen LogP contribution in [0.1, 0.15) is 46.5 Å². The van der Waals surface area contributed by atoms with E-state index in [4.69, 9.17) is 9.15 Å². The molecule has 0 spiro atoms. The van der Waals surface area contributed by atoms with Crippen molar-refractivity contribution in [1.29, 1.82) is 0 Å². The largest absolute Gasteiger partial charge is 0.496 e. The van der Waals surface area contributed by atoms with E-state index in [0.717, 1.165) is 29.9 Å². The van der Waals surface area contributed by atoms with E-state index in [9.17, 15) is 9.59 Å². The van der Waals surface area contributed by atoms with Crippen LogP contribution in [0.3, 0.4) is 0 Å². The first kappa shape index (κ1) is 19.0. The van der Waals surface area contributed by atoms with Gasteiger partial charge in [0.25, 0.3) is 5.91 Å². The second kappa shape index (κ2) is 8.34. The van der Waals surface area contributed by atoms with Crippen molar-refractivity contribution in [2.45, 2.75) is 25.2 Å². The third-order valence-electron chi connectivity index (χ3n) is 5.19. The van der Waals surface area contributed by atoms with Gasteiger partial charge in [-0.3, -0.25) is 9.59 Å². The van der Waals surface area contributed by atoms with Gasteiger partial charge in [0.05, 0.1) is 19.2 Å². The number of methoxy groups -OCH3 is 1. The Labute approximate surface area is 168 Å². The molecule has 0 bridgehead atoms. The fourth-order valence-electron chi connectivity index (χ4n) is 3.74. The number of para-hydroxylation sites is 1. The summed E-state index contributed by atoms with van der Waals surface area (Å²) in [5.74, 6) is 2.09. The quantitative estimate of drug-likeness (QED) is 0.720. The molecular weight excluding hydrogens is 370 g/mol.